The van der Waals surface area contributed by atoms with Gasteiger partial charge in [0.15, 0.2) is 0 Å². The Morgan fingerprint density at radius 1 is 0.412 bits per heavy atom. The molecule has 0 radical (unpaired) electrons. The minimum Gasteiger partial charge on any atom is -0.311 e. The lowest BCUT2D eigenvalue weighted by Gasteiger charge is -2.40. The summed E-state index contributed by atoms with van der Waals surface area (Å²) < 4.78 is 14.4. The van der Waals surface area contributed by atoms with Crippen molar-refractivity contribution < 1.29 is 4.21 Å². The maximum absolute atomic E-state index is 14.4. The zero-order valence-corrected chi connectivity index (χ0v) is 28.4. The van der Waals surface area contributed by atoms with E-state index < -0.39 is 10.8 Å². The highest BCUT2D eigenvalue weighted by atomic mass is 32.2. The summed E-state index contributed by atoms with van der Waals surface area (Å²) in [7, 11) is -1.36. The largest absolute Gasteiger partial charge is 0.311 e. The van der Waals surface area contributed by atoms with Crippen molar-refractivity contribution in [2.75, 3.05) is 14.7 Å². The van der Waals surface area contributed by atoms with Gasteiger partial charge in [0.2, 0.25) is 0 Å². The van der Waals surface area contributed by atoms with Crippen molar-refractivity contribution in [3.05, 3.63) is 188 Å². The molecular formula is C46H31N3OS. The first-order valence-electron chi connectivity index (χ1n) is 17.1. The number of para-hydroxylation sites is 4. The average molecular weight is 674 g/mol. The van der Waals surface area contributed by atoms with E-state index in [1.165, 1.54) is 5.39 Å². The van der Waals surface area contributed by atoms with Gasteiger partial charge in [0.1, 0.15) is 0 Å². The van der Waals surface area contributed by atoms with Crippen LogP contribution in [0.1, 0.15) is 0 Å². The lowest BCUT2D eigenvalue weighted by molar-refractivity contribution is 0.682. The van der Waals surface area contributed by atoms with Crippen molar-refractivity contribution in [3.63, 3.8) is 0 Å². The fourth-order valence-electron chi connectivity index (χ4n) is 7.74. The summed E-state index contributed by atoms with van der Waals surface area (Å²) in [6.45, 7) is 0. The molecule has 8 aromatic rings. The summed E-state index contributed by atoms with van der Waals surface area (Å²) >= 11 is 0. The minimum atomic E-state index is -1.36. The van der Waals surface area contributed by atoms with Gasteiger partial charge in [0.25, 0.3) is 0 Å². The van der Waals surface area contributed by atoms with Gasteiger partial charge in [0.05, 0.1) is 43.3 Å². The van der Waals surface area contributed by atoms with E-state index >= 15 is 0 Å². The number of nitrogens with zero attached hydrogens (tertiary/aromatic N) is 3. The Kier molecular flexibility index (Phi) is 6.86. The fraction of sp³-hybridized carbons (Fsp3) is 0. The fourth-order valence-corrected chi connectivity index (χ4v) is 9.09. The van der Waals surface area contributed by atoms with Crippen LogP contribution in [0, 0.1) is 0 Å². The van der Waals surface area contributed by atoms with Gasteiger partial charge in [-0.2, -0.15) is 0 Å². The molecule has 5 heteroatoms. The molecule has 8 aromatic carbocycles. The van der Waals surface area contributed by atoms with Gasteiger partial charge in [0, 0.05) is 39.4 Å². The number of hydrogen-bond donors (Lipinski definition) is 0. The molecule has 51 heavy (non-hydrogen) atoms. The Balaban J connectivity index is 1.21. The van der Waals surface area contributed by atoms with Crippen molar-refractivity contribution in [1.29, 1.82) is 0 Å². The third-order valence-corrected chi connectivity index (χ3v) is 11.4. The van der Waals surface area contributed by atoms with Gasteiger partial charge in [-0.3, -0.25) is 0 Å². The molecule has 0 bridgehead atoms. The Morgan fingerprint density at radius 3 is 1.69 bits per heavy atom. The number of rotatable bonds is 5. The van der Waals surface area contributed by atoms with Crippen LogP contribution in [0.2, 0.25) is 0 Å². The predicted molar refractivity (Wildman–Crippen MR) is 212 cm³/mol. The number of benzene rings is 8. The maximum atomic E-state index is 14.4. The van der Waals surface area contributed by atoms with Crippen LogP contribution in [-0.4, -0.2) is 4.21 Å². The molecule has 1 atom stereocenters. The normalized spacial score (nSPS) is 14.1. The Labute approximate surface area is 299 Å². The third-order valence-electron chi connectivity index (χ3n) is 9.89. The molecule has 2 aliphatic rings. The summed E-state index contributed by atoms with van der Waals surface area (Å²) in [4.78, 5) is 8.58. The third kappa shape index (κ3) is 4.63. The van der Waals surface area contributed by atoms with Gasteiger partial charge < -0.3 is 14.7 Å². The van der Waals surface area contributed by atoms with Crippen LogP contribution in [-0.2, 0) is 10.8 Å². The van der Waals surface area contributed by atoms with Gasteiger partial charge in [-0.05, 0) is 102 Å². The average Bonchev–Trinajstić information content (AvgIpc) is 3.20. The molecule has 0 spiro atoms. The molecule has 0 fully saturated rings. The van der Waals surface area contributed by atoms with Gasteiger partial charge in [-0.1, -0.05) is 97.1 Å². The minimum absolute atomic E-state index is 0.810. The lowest BCUT2D eigenvalue weighted by Crippen LogP contribution is -2.23. The van der Waals surface area contributed by atoms with Crippen molar-refractivity contribution in [2.24, 2.45) is 0 Å². The first-order chi connectivity index (χ1) is 25.3. The monoisotopic (exact) mass is 673 g/mol. The maximum Gasteiger partial charge on any atom is 0.0892 e. The smallest absolute Gasteiger partial charge is 0.0892 e. The molecule has 0 amide bonds. The molecule has 1 unspecified atom stereocenters. The second-order valence-corrected chi connectivity index (χ2v) is 14.2. The van der Waals surface area contributed by atoms with E-state index in [2.05, 4.69) is 166 Å². The lowest BCUT2D eigenvalue weighted by atomic mass is 9.89. The second kappa shape index (κ2) is 11.9. The summed E-state index contributed by atoms with van der Waals surface area (Å²) in [6, 6.07) is 65.6. The molecule has 0 N–H and O–H groups in total. The molecule has 0 aromatic heterocycles. The molecular weight excluding hydrogens is 643 g/mol. The molecule has 10 rings (SSSR count). The standard InChI is InChI=1S/C46H31N3OS/c50-51-42-25-11-10-23-39(42)49(35-20-8-3-9-21-35)46-43(51)31-30-41-45(46)38-22-12-14-32-15-13-24-40(44(32)38)48(41)37-28-26-36(27-29-37)47(33-16-4-1-5-17-33)34-18-6-2-7-19-34/h1-31H. The molecule has 0 saturated heterocycles. The van der Waals surface area contributed by atoms with E-state index in [-0.39, 0.29) is 0 Å². The molecule has 0 aliphatic carbocycles. The highest BCUT2D eigenvalue weighted by Crippen LogP contribution is 2.59. The summed E-state index contributed by atoms with van der Waals surface area (Å²) in [6.07, 6.45) is 0. The number of fused-ring (bicyclic) bond motifs is 5. The topological polar surface area (TPSA) is 26.8 Å². The van der Waals surface area contributed by atoms with Crippen LogP contribution in [0.5, 0.6) is 0 Å². The zero-order valence-electron chi connectivity index (χ0n) is 27.6. The van der Waals surface area contributed by atoms with E-state index in [0.29, 0.717) is 0 Å². The van der Waals surface area contributed by atoms with Crippen molar-refractivity contribution in [3.8, 4) is 11.1 Å². The van der Waals surface area contributed by atoms with Crippen molar-refractivity contribution in [1.82, 2.24) is 0 Å². The van der Waals surface area contributed by atoms with E-state index in [1.54, 1.807) is 0 Å². The van der Waals surface area contributed by atoms with Crippen molar-refractivity contribution >= 4 is 72.8 Å². The van der Waals surface area contributed by atoms with Crippen LogP contribution in [0.3, 0.4) is 0 Å². The van der Waals surface area contributed by atoms with Crippen LogP contribution in [0.25, 0.3) is 21.9 Å². The Morgan fingerprint density at radius 2 is 0.980 bits per heavy atom. The number of hydrogen-bond acceptors (Lipinski definition) is 4. The van der Waals surface area contributed by atoms with E-state index in [9.17, 15) is 4.21 Å². The van der Waals surface area contributed by atoms with Gasteiger partial charge >= 0.3 is 0 Å². The molecule has 2 aliphatic heterocycles. The Bertz CT molecular complexity index is 2560. The van der Waals surface area contributed by atoms with E-state index in [1.807, 2.05) is 36.4 Å². The summed E-state index contributed by atoms with van der Waals surface area (Å²) in [5.74, 6) is 0. The van der Waals surface area contributed by atoms with E-state index in [0.717, 1.165) is 77.5 Å². The SMILES string of the molecule is O=S1c2ccccc2N(c2ccccc2)c2c1ccc1c2-c2cccc3cccc(c23)N1c1ccc(N(c2ccccc2)c2ccccc2)cc1. The molecule has 2 heterocycles. The van der Waals surface area contributed by atoms with Crippen LogP contribution < -0.4 is 14.7 Å². The Hall–Kier alpha value is -6.43. The van der Waals surface area contributed by atoms with Crippen LogP contribution >= 0.6 is 0 Å². The summed E-state index contributed by atoms with van der Waals surface area (Å²) in [5.41, 5.74) is 11.6. The van der Waals surface area contributed by atoms with Gasteiger partial charge in [-0.25, -0.2) is 4.21 Å². The number of anilines is 9. The summed E-state index contributed by atoms with van der Waals surface area (Å²) in [5, 5.41) is 2.34. The first-order valence-corrected chi connectivity index (χ1v) is 18.3. The second-order valence-electron chi connectivity index (χ2n) is 12.8. The van der Waals surface area contributed by atoms with Gasteiger partial charge in [-0.15, -0.1) is 0 Å². The molecule has 0 saturated carbocycles. The van der Waals surface area contributed by atoms with Crippen LogP contribution in [0.15, 0.2) is 198 Å². The van der Waals surface area contributed by atoms with E-state index in [4.69, 9.17) is 0 Å². The van der Waals surface area contributed by atoms with Crippen LogP contribution in [0.4, 0.5) is 51.2 Å². The molecule has 4 nitrogen and oxygen atoms in total. The highest BCUT2D eigenvalue weighted by Gasteiger charge is 2.37. The quantitative estimate of drug-likeness (QED) is 0.182. The first kappa shape index (κ1) is 29.5. The van der Waals surface area contributed by atoms with Crippen molar-refractivity contribution in [2.45, 2.75) is 9.79 Å². The zero-order chi connectivity index (χ0) is 33.9. The predicted octanol–water partition coefficient (Wildman–Crippen LogP) is 12.7. The molecule has 242 valence electrons. The highest BCUT2D eigenvalue weighted by molar-refractivity contribution is 7.85.